The van der Waals surface area contributed by atoms with E-state index in [0.29, 0.717) is 18.5 Å². The third kappa shape index (κ3) is 1.96. The zero-order valence-corrected chi connectivity index (χ0v) is 9.24. The van der Waals surface area contributed by atoms with E-state index in [9.17, 15) is 9.50 Å². The topological polar surface area (TPSA) is 41.5 Å². The van der Waals surface area contributed by atoms with Crippen LogP contribution >= 0.6 is 0 Å². The van der Waals surface area contributed by atoms with Gasteiger partial charge in [0.2, 0.25) is 0 Å². The van der Waals surface area contributed by atoms with E-state index in [1.807, 2.05) is 0 Å². The molecule has 1 saturated heterocycles. The summed E-state index contributed by atoms with van der Waals surface area (Å²) in [5.41, 5.74) is -0.310. The van der Waals surface area contributed by atoms with Crippen LogP contribution in [0.5, 0.6) is 0 Å². The molecule has 1 aliphatic rings. The zero-order valence-electron chi connectivity index (χ0n) is 9.24. The largest absolute Gasteiger partial charge is 0.382 e. The van der Waals surface area contributed by atoms with Gasteiger partial charge in [-0.25, -0.2) is 4.39 Å². The molecule has 2 N–H and O–H groups in total. The highest BCUT2D eigenvalue weighted by molar-refractivity contribution is 5.25. The van der Waals surface area contributed by atoms with E-state index in [1.54, 1.807) is 19.2 Å². The monoisotopic (exact) mass is 225 g/mol. The van der Waals surface area contributed by atoms with E-state index in [4.69, 9.17) is 4.74 Å². The normalized spacial score (nSPS) is 30.3. The van der Waals surface area contributed by atoms with Crippen molar-refractivity contribution in [2.45, 2.75) is 18.1 Å². The van der Waals surface area contributed by atoms with E-state index >= 15 is 0 Å². The van der Waals surface area contributed by atoms with Gasteiger partial charge in [0.1, 0.15) is 17.5 Å². The quantitative estimate of drug-likeness (QED) is 0.789. The lowest BCUT2D eigenvalue weighted by Gasteiger charge is -2.39. The average Bonchev–Trinajstić information content (AvgIpc) is 2.30. The minimum atomic E-state index is -1.02. The van der Waals surface area contributed by atoms with Crippen molar-refractivity contribution >= 4 is 0 Å². The summed E-state index contributed by atoms with van der Waals surface area (Å²) in [5, 5.41) is 13.8. The van der Waals surface area contributed by atoms with Crippen LogP contribution in [0.2, 0.25) is 0 Å². The number of benzene rings is 1. The van der Waals surface area contributed by atoms with Gasteiger partial charge in [-0.2, -0.15) is 0 Å². The van der Waals surface area contributed by atoms with Crippen LogP contribution in [0.4, 0.5) is 4.39 Å². The summed E-state index contributed by atoms with van der Waals surface area (Å²) in [4.78, 5) is 0. The minimum Gasteiger partial charge on any atom is -0.382 e. The summed E-state index contributed by atoms with van der Waals surface area (Å²) < 4.78 is 18.1. The minimum absolute atomic E-state index is 0.296. The number of nitrogens with one attached hydrogen (secondary N) is 1. The Balaban J connectivity index is 2.31. The van der Waals surface area contributed by atoms with Gasteiger partial charge in [0, 0.05) is 13.7 Å². The van der Waals surface area contributed by atoms with Crippen LogP contribution in [0.3, 0.4) is 0 Å². The van der Waals surface area contributed by atoms with Crippen LogP contribution in [-0.4, -0.2) is 31.4 Å². The summed E-state index contributed by atoms with van der Waals surface area (Å²) in [7, 11) is 1.58. The van der Waals surface area contributed by atoms with Crippen molar-refractivity contribution in [3.63, 3.8) is 0 Å². The maximum absolute atomic E-state index is 12.8. The maximum Gasteiger partial charge on any atom is 0.123 e. The first-order chi connectivity index (χ1) is 7.66. The Hall–Kier alpha value is -0.970. The molecule has 16 heavy (non-hydrogen) atoms. The van der Waals surface area contributed by atoms with Crippen LogP contribution in [0, 0.1) is 5.82 Å². The summed E-state index contributed by atoms with van der Waals surface area (Å²) in [6.07, 6.45) is 0.267. The predicted molar refractivity (Wildman–Crippen MR) is 58.6 cm³/mol. The summed E-state index contributed by atoms with van der Waals surface area (Å²) >= 11 is 0. The first-order valence-corrected chi connectivity index (χ1v) is 5.39. The average molecular weight is 225 g/mol. The molecule has 0 saturated carbocycles. The molecular formula is C12H16FNO2. The molecule has 88 valence electrons. The second-order valence-electron chi connectivity index (χ2n) is 4.11. The third-order valence-corrected chi connectivity index (χ3v) is 3.17. The molecule has 1 aliphatic heterocycles. The standard InChI is InChI=1S/C12H16FNO2/c1-16-11-8-14-7-6-12(11,15)9-2-4-10(13)5-3-9/h2-5,11,14-15H,6-8H2,1H3. The maximum atomic E-state index is 12.8. The zero-order chi connectivity index (χ0) is 11.6. The molecule has 2 atom stereocenters. The fourth-order valence-electron chi connectivity index (χ4n) is 2.19. The van der Waals surface area contributed by atoms with Gasteiger partial charge in [0.15, 0.2) is 0 Å². The smallest absolute Gasteiger partial charge is 0.123 e. The SMILES string of the molecule is COC1CNCCC1(O)c1ccc(F)cc1. The van der Waals surface area contributed by atoms with Gasteiger partial charge < -0.3 is 15.2 Å². The second kappa shape index (κ2) is 4.49. The van der Waals surface area contributed by atoms with Crippen molar-refractivity contribution in [2.24, 2.45) is 0 Å². The van der Waals surface area contributed by atoms with E-state index in [2.05, 4.69) is 5.32 Å². The van der Waals surface area contributed by atoms with Gasteiger partial charge in [-0.1, -0.05) is 12.1 Å². The fourth-order valence-corrected chi connectivity index (χ4v) is 2.19. The number of ether oxygens (including phenoxy) is 1. The molecule has 1 aromatic carbocycles. The molecule has 0 spiro atoms. The fraction of sp³-hybridized carbons (Fsp3) is 0.500. The number of rotatable bonds is 2. The Morgan fingerprint density at radius 3 is 2.75 bits per heavy atom. The summed E-state index contributed by atoms with van der Waals surface area (Å²) in [5.74, 6) is -0.296. The van der Waals surface area contributed by atoms with E-state index in [1.165, 1.54) is 12.1 Å². The van der Waals surface area contributed by atoms with Crippen LogP contribution in [-0.2, 0) is 10.3 Å². The second-order valence-corrected chi connectivity index (χ2v) is 4.11. The molecule has 0 amide bonds. The van der Waals surface area contributed by atoms with Crippen molar-refractivity contribution < 1.29 is 14.2 Å². The van der Waals surface area contributed by atoms with Gasteiger partial charge in [-0.3, -0.25) is 0 Å². The third-order valence-electron chi connectivity index (χ3n) is 3.17. The molecule has 1 fully saturated rings. The van der Waals surface area contributed by atoms with Gasteiger partial charge in [0.05, 0.1) is 0 Å². The molecular weight excluding hydrogens is 209 g/mol. The number of piperidine rings is 1. The van der Waals surface area contributed by atoms with Gasteiger partial charge >= 0.3 is 0 Å². The summed E-state index contributed by atoms with van der Waals surface area (Å²) in [6.45, 7) is 1.33. The van der Waals surface area contributed by atoms with Crippen molar-refractivity contribution in [1.82, 2.24) is 5.32 Å². The lowest BCUT2D eigenvalue weighted by Crippen LogP contribution is -2.52. The van der Waals surface area contributed by atoms with Crippen molar-refractivity contribution in [1.29, 1.82) is 0 Å². The highest BCUT2D eigenvalue weighted by Gasteiger charge is 2.40. The Morgan fingerprint density at radius 2 is 2.12 bits per heavy atom. The Morgan fingerprint density at radius 1 is 1.44 bits per heavy atom. The van der Waals surface area contributed by atoms with Crippen molar-refractivity contribution in [2.75, 3.05) is 20.2 Å². The lowest BCUT2D eigenvalue weighted by molar-refractivity contribution is -0.115. The number of hydrogen-bond acceptors (Lipinski definition) is 3. The van der Waals surface area contributed by atoms with E-state index in [-0.39, 0.29) is 11.9 Å². The highest BCUT2D eigenvalue weighted by Crippen LogP contribution is 2.32. The Labute approximate surface area is 94.2 Å². The highest BCUT2D eigenvalue weighted by atomic mass is 19.1. The van der Waals surface area contributed by atoms with Crippen LogP contribution in [0.25, 0.3) is 0 Å². The van der Waals surface area contributed by atoms with Gasteiger partial charge in [-0.05, 0) is 30.7 Å². The summed E-state index contributed by atoms with van der Waals surface area (Å²) in [6, 6.07) is 5.96. The number of methoxy groups -OCH3 is 1. The molecule has 1 aromatic rings. The number of hydrogen-bond donors (Lipinski definition) is 2. The van der Waals surface area contributed by atoms with Crippen LogP contribution < -0.4 is 5.32 Å². The molecule has 3 nitrogen and oxygen atoms in total. The number of halogens is 1. The lowest BCUT2D eigenvalue weighted by atomic mass is 9.83. The van der Waals surface area contributed by atoms with Crippen molar-refractivity contribution in [3.8, 4) is 0 Å². The van der Waals surface area contributed by atoms with E-state index in [0.717, 1.165) is 6.54 Å². The van der Waals surface area contributed by atoms with Gasteiger partial charge in [-0.15, -0.1) is 0 Å². The molecule has 4 heteroatoms. The first-order valence-electron chi connectivity index (χ1n) is 5.39. The van der Waals surface area contributed by atoms with Crippen LogP contribution in [0.1, 0.15) is 12.0 Å². The Kier molecular flexibility index (Phi) is 3.23. The Bertz CT molecular complexity index is 355. The molecule has 0 radical (unpaired) electrons. The number of aliphatic hydroxyl groups is 1. The van der Waals surface area contributed by atoms with Crippen LogP contribution in [0.15, 0.2) is 24.3 Å². The first kappa shape index (κ1) is 11.5. The molecule has 0 aromatic heterocycles. The molecule has 0 bridgehead atoms. The molecule has 2 rings (SSSR count). The van der Waals surface area contributed by atoms with Gasteiger partial charge in [0.25, 0.3) is 0 Å². The van der Waals surface area contributed by atoms with E-state index < -0.39 is 5.60 Å². The molecule has 1 heterocycles. The molecule has 2 unspecified atom stereocenters. The molecule has 0 aliphatic carbocycles. The predicted octanol–water partition coefficient (Wildman–Crippen LogP) is 1.02. The van der Waals surface area contributed by atoms with Crippen molar-refractivity contribution in [3.05, 3.63) is 35.6 Å².